The smallest absolute Gasteiger partial charge is 0.244 e. The van der Waals surface area contributed by atoms with Gasteiger partial charge in [-0.3, -0.25) is 0 Å². The van der Waals surface area contributed by atoms with Crippen molar-refractivity contribution in [2.24, 2.45) is 0 Å². The second-order valence-electron chi connectivity index (χ2n) is 6.38. The number of rotatable bonds is 6. The van der Waals surface area contributed by atoms with Crippen LogP contribution in [0, 0.1) is 0 Å². The van der Waals surface area contributed by atoms with E-state index >= 15 is 0 Å². The lowest BCUT2D eigenvalue weighted by Gasteiger charge is -2.21. The summed E-state index contributed by atoms with van der Waals surface area (Å²) in [6.07, 6.45) is 0. The Morgan fingerprint density at radius 3 is 2.33 bits per heavy atom. The molecular weight excluding hydrogens is 288 g/mol. The minimum Gasteiger partial charge on any atom is -0.495 e. The van der Waals surface area contributed by atoms with E-state index in [2.05, 4.69) is 23.9 Å². The number of benzene rings is 1. The van der Waals surface area contributed by atoms with E-state index in [-0.39, 0.29) is 4.90 Å². The van der Waals surface area contributed by atoms with Crippen molar-refractivity contribution >= 4 is 10.0 Å². The molecule has 0 saturated carbocycles. The standard InChI is InChI=1S/C15H26N2O3S/c1-11(2)16-10-12-7-8-14(13(9-12)20-6)21(18,19)17-15(3,4)5/h7-9,11,16-17H,10H2,1-6H3. The molecule has 0 radical (unpaired) electrons. The van der Waals surface area contributed by atoms with E-state index in [9.17, 15) is 8.42 Å². The molecule has 0 aliphatic rings. The molecule has 0 atom stereocenters. The van der Waals surface area contributed by atoms with Crippen LogP contribution in [-0.2, 0) is 16.6 Å². The quantitative estimate of drug-likeness (QED) is 0.845. The summed E-state index contributed by atoms with van der Waals surface area (Å²) < 4.78 is 32.7. The highest BCUT2D eigenvalue weighted by Gasteiger charge is 2.25. The van der Waals surface area contributed by atoms with Gasteiger partial charge in [-0.1, -0.05) is 19.9 Å². The van der Waals surface area contributed by atoms with E-state index in [4.69, 9.17) is 4.74 Å². The van der Waals surface area contributed by atoms with Crippen LogP contribution >= 0.6 is 0 Å². The first kappa shape index (κ1) is 17.9. The number of methoxy groups -OCH3 is 1. The fraction of sp³-hybridized carbons (Fsp3) is 0.600. The maximum atomic E-state index is 12.4. The van der Waals surface area contributed by atoms with Gasteiger partial charge in [0.05, 0.1) is 7.11 Å². The third kappa shape index (κ3) is 5.65. The molecule has 0 unspecified atom stereocenters. The summed E-state index contributed by atoms with van der Waals surface area (Å²) in [5.74, 6) is 0.356. The summed E-state index contributed by atoms with van der Waals surface area (Å²) in [5.41, 5.74) is 0.442. The third-order valence-electron chi connectivity index (χ3n) is 2.67. The van der Waals surface area contributed by atoms with Crippen LogP contribution < -0.4 is 14.8 Å². The highest BCUT2D eigenvalue weighted by atomic mass is 32.2. The summed E-state index contributed by atoms with van der Waals surface area (Å²) in [6.45, 7) is 10.2. The second kappa shape index (κ2) is 6.77. The maximum Gasteiger partial charge on any atom is 0.244 e. The van der Waals surface area contributed by atoms with Crippen molar-refractivity contribution in [3.05, 3.63) is 23.8 Å². The molecule has 5 nitrogen and oxygen atoms in total. The Kier molecular flexibility index (Phi) is 5.78. The van der Waals surface area contributed by atoms with Crippen molar-refractivity contribution in [3.63, 3.8) is 0 Å². The van der Waals surface area contributed by atoms with Crippen LogP contribution in [0.25, 0.3) is 0 Å². The normalized spacial score (nSPS) is 12.7. The summed E-state index contributed by atoms with van der Waals surface area (Å²) in [4.78, 5) is 0.160. The van der Waals surface area contributed by atoms with E-state index in [0.717, 1.165) is 5.56 Å². The topological polar surface area (TPSA) is 67.4 Å². The molecule has 2 N–H and O–H groups in total. The van der Waals surface area contributed by atoms with Crippen molar-refractivity contribution in [3.8, 4) is 5.75 Å². The molecule has 0 aliphatic heterocycles. The minimum atomic E-state index is -3.60. The van der Waals surface area contributed by atoms with Gasteiger partial charge in [0.1, 0.15) is 10.6 Å². The largest absolute Gasteiger partial charge is 0.495 e. The lowest BCUT2D eigenvalue weighted by atomic mass is 10.1. The first-order valence-corrected chi connectivity index (χ1v) is 8.48. The number of nitrogens with one attached hydrogen (secondary N) is 2. The lowest BCUT2D eigenvalue weighted by molar-refractivity contribution is 0.400. The molecule has 1 rings (SSSR count). The number of sulfonamides is 1. The average Bonchev–Trinajstić information content (AvgIpc) is 2.32. The molecule has 0 saturated heterocycles. The summed E-state index contributed by atoms with van der Waals surface area (Å²) in [5, 5.41) is 3.29. The van der Waals surface area contributed by atoms with Gasteiger partial charge >= 0.3 is 0 Å². The molecular formula is C15H26N2O3S. The fourth-order valence-corrected chi connectivity index (χ4v) is 3.39. The summed E-state index contributed by atoms with van der Waals surface area (Å²) >= 11 is 0. The van der Waals surface area contributed by atoms with Gasteiger partial charge in [0, 0.05) is 18.1 Å². The zero-order chi connectivity index (χ0) is 16.3. The Balaban J connectivity index is 3.09. The van der Waals surface area contributed by atoms with Crippen molar-refractivity contribution in [1.29, 1.82) is 0 Å². The van der Waals surface area contributed by atoms with Crippen molar-refractivity contribution in [1.82, 2.24) is 10.0 Å². The van der Waals surface area contributed by atoms with Crippen LogP contribution in [0.1, 0.15) is 40.2 Å². The van der Waals surface area contributed by atoms with Gasteiger partial charge in [-0.2, -0.15) is 0 Å². The highest BCUT2D eigenvalue weighted by molar-refractivity contribution is 7.89. The number of hydrogen-bond acceptors (Lipinski definition) is 4. The zero-order valence-corrected chi connectivity index (χ0v) is 14.5. The maximum absolute atomic E-state index is 12.4. The van der Waals surface area contributed by atoms with E-state index in [1.807, 2.05) is 0 Å². The molecule has 6 heteroatoms. The van der Waals surface area contributed by atoms with Crippen LogP contribution in [0.5, 0.6) is 5.75 Å². The molecule has 0 spiro atoms. The van der Waals surface area contributed by atoms with Crippen LogP contribution in [0.2, 0.25) is 0 Å². The molecule has 0 fully saturated rings. The third-order valence-corrected chi connectivity index (χ3v) is 4.47. The van der Waals surface area contributed by atoms with Gasteiger partial charge in [0.15, 0.2) is 0 Å². The SMILES string of the molecule is COc1cc(CNC(C)C)ccc1S(=O)(=O)NC(C)(C)C. The molecule has 21 heavy (non-hydrogen) atoms. The molecule has 0 bridgehead atoms. The molecule has 0 heterocycles. The van der Waals surface area contributed by atoms with E-state index in [0.29, 0.717) is 18.3 Å². The number of ether oxygens (including phenoxy) is 1. The van der Waals surface area contributed by atoms with Crippen molar-refractivity contribution < 1.29 is 13.2 Å². The molecule has 0 aromatic heterocycles. The Labute approximate surface area is 128 Å². The summed E-state index contributed by atoms with van der Waals surface area (Å²) in [6, 6.07) is 5.51. The molecule has 0 amide bonds. The fourth-order valence-electron chi connectivity index (χ4n) is 1.82. The monoisotopic (exact) mass is 314 g/mol. The van der Waals surface area contributed by atoms with Crippen LogP contribution in [0.3, 0.4) is 0 Å². The average molecular weight is 314 g/mol. The van der Waals surface area contributed by atoms with Crippen molar-refractivity contribution in [2.75, 3.05) is 7.11 Å². The van der Waals surface area contributed by atoms with Gasteiger partial charge in [-0.25, -0.2) is 13.1 Å². The Bertz CT molecular complexity index is 575. The Morgan fingerprint density at radius 2 is 1.86 bits per heavy atom. The van der Waals surface area contributed by atoms with Gasteiger partial charge in [-0.15, -0.1) is 0 Å². The van der Waals surface area contributed by atoms with Crippen molar-refractivity contribution in [2.45, 2.75) is 57.6 Å². The minimum absolute atomic E-state index is 0.160. The molecule has 0 aliphatic carbocycles. The summed E-state index contributed by atoms with van der Waals surface area (Å²) in [7, 11) is -2.13. The Morgan fingerprint density at radius 1 is 1.24 bits per heavy atom. The van der Waals surface area contributed by atoms with Crippen LogP contribution in [0.4, 0.5) is 0 Å². The zero-order valence-electron chi connectivity index (χ0n) is 13.6. The first-order chi connectivity index (χ1) is 9.55. The van der Waals surface area contributed by atoms with Gasteiger partial charge < -0.3 is 10.1 Å². The van der Waals surface area contributed by atoms with E-state index < -0.39 is 15.6 Å². The highest BCUT2D eigenvalue weighted by Crippen LogP contribution is 2.26. The van der Waals surface area contributed by atoms with E-state index in [1.165, 1.54) is 7.11 Å². The molecule has 1 aromatic carbocycles. The van der Waals surface area contributed by atoms with Gasteiger partial charge in [0.2, 0.25) is 10.0 Å². The van der Waals surface area contributed by atoms with Crippen LogP contribution in [-0.4, -0.2) is 27.1 Å². The Hall–Kier alpha value is -1.11. The van der Waals surface area contributed by atoms with Gasteiger partial charge in [0.25, 0.3) is 0 Å². The molecule has 1 aromatic rings. The van der Waals surface area contributed by atoms with E-state index in [1.54, 1.807) is 39.0 Å². The number of hydrogen-bond donors (Lipinski definition) is 2. The second-order valence-corrected chi connectivity index (χ2v) is 8.03. The predicted molar refractivity (Wildman–Crippen MR) is 85.0 cm³/mol. The molecule has 120 valence electrons. The lowest BCUT2D eigenvalue weighted by Crippen LogP contribution is -2.40. The van der Waals surface area contributed by atoms with Crippen LogP contribution in [0.15, 0.2) is 23.1 Å². The van der Waals surface area contributed by atoms with Gasteiger partial charge in [-0.05, 0) is 38.5 Å². The first-order valence-electron chi connectivity index (χ1n) is 6.99. The predicted octanol–water partition coefficient (Wildman–Crippen LogP) is 2.27.